The zero-order valence-electron chi connectivity index (χ0n) is 11.4. The number of nitrogens with one attached hydrogen (secondary N) is 1. The lowest BCUT2D eigenvalue weighted by Gasteiger charge is -2.07. The molecule has 1 aromatic heterocycles. The summed E-state index contributed by atoms with van der Waals surface area (Å²) >= 11 is 0. The van der Waals surface area contributed by atoms with Crippen molar-refractivity contribution in [1.29, 1.82) is 0 Å². The average Bonchev–Trinajstić information content (AvgIpc) is 2.66. The molecule has 0 aliphatic carbocycles. The van der Waals surface area contributed by atoms with E-state index < -0.39 is 10.0 Å². The molecule has 2 aromatic rings. The van der Waals surface area contributed by atoms with E-state index in [2.05, 4.69) is 9.88 Å². The highest BCUT2D eigenvalue weighted by Gasteiger charge is 2.15. The summed E-state index contributed by atoms with van der Waals surface area (Å²) in [6.07, 6.45) is 0. The smallest absolute Gasteiger partial charge is 0.216 e. The van der Waals surface area contributed by atoms with Crippen molar-refractivity contribution in [1.82, 2.24) is 9.88 Å². The maximum Gasteiger partial charge on any atom is 0.216 e. The summed E-state index contributed by atoms with van der Waals surface area (Å²) in [6, 6.07) is 6.82. The van der Waals surface area contributed by atoms with Crippen molar-refractivity contribution in [2.75, 3.05) is 5.73 Å². The Kier molecular flexibility index (Phi) is 4.10. The number of benzene rings is 1. The fourth-order valence-corrected chi connectivity index (χ4v) is 2.97. The summed E-state index contributed by atoms with van der Waals surface area (Å²) in [5.74, 6) is 0.510. The Balaban J connectivity index is 2.05. The van der Waals surface area contributed by atoms with Crippen LogP contribution in [-0.4, -0.2) is 13.6 Å². The molecule has 6 nitrogen and oxygen atoms in total. The third kappa shape index (κ3) is 3.58. The van der Waals surface area contributed by atoms with Gasteiger partial charge in [0, 0.05) is 17.8 Å². The second-order valence-corrected chi connectivity index (χ2v) is 6.43. The van der Waals surface area contributed by atoms with Gasteiger partial charge in [0.05, 0.1) is 11.4 Å². The highest BCUT2D eigenvalue weighted by molar-refractivity contribution is 7.88. The number of hydrogen-bond donors (Lipinski definition) is 2. The van der Waals surface area contributed by atoms with Crippen LogP contribution in [0.3, 0.4) is 0 Å². The van der Waals surface area contributed by atoms with Crippen LogP contribution in [0.15, 0.2) is 28.8 Å². The SMILES string of the molecule is Cc1noc(C)c1CNS(=O)(=O)Cc1cccc(N)c1. The van der Waals surface area contributed by atoms with Crippen molar-refractivity contribution in [3.8, 4) is 0 Å². The Bertz CT molecular complexity index is 688. The molecule has 20 heavy (non-hydrogen) atoms. The Morgan fingerprint density at radius 1 is 1.35 bits per heavy atom. The largest absolute Gasteiger partial charge is 0.399 e. The number of aryl methyl sites for hydroxylation is 2. The number of hydrogen-bond acceptors (Lipinski definition) is 5. The van der Waals surface area contributed by atoms with Gasteiger partial charge in [-0.15, -0.1) is 0 Å². The monoisotopic (exact) mass is 295 g/mol. The van der Waals surface area contributed by atoms with Crippen LogP contribution >= 0.6 is 0 Å². The van der Waals surface area contributed by atoms with Crippen LogP contribution in [-0.2, 0) is 22.3 Å². The van der Waals surface area contributed by atoms with Crippen molar-refractivity contribution in [3.63, 3.8) is 0 Å². The summed E-state index contributed by atoms with van der Waals surface area (Å²) in [7, 11) is -3.44. The Morgan fingerprint density at radius 3 is 2.70 bits per heavy atom. The summed E-state index contributed by atoms with van der Waals surface area (Å²) < 4.78 is 31.6. The molecule has 0 atom stereocenters. The van der Waals surface area contributed by atoms with Crippen molar-refractivity contribution in [2.24, 2.45) is 0 Å². The molecule has 0 unspecified atom stereocenters. The molecule has 0 saturated carbocycles. The summed E-state index contributed by atoms with van der Waals surface area (Å²) in [6.45, 7) is 3.70. The first-order valence-electron chi connectivity index (χ1n) is 6.11. The van der Waals surface area contributed by atoms with Gasteiger partial charge in [-0.05, 0) is 31.5 Å². The fourth-order valence-electron chi connectivity index (χ4n) is 1.89. The van der Waals surface area contributed by atoms with Crippen LogP contribution in [0.2, 0.25) is 0 Å². The van der Waals surface area contributed by atoms with Gasteiger partial charge in [-0.3, -0.25) is 0 Å². The minimum absolute atomic E-state index is 0.110. The van der Waals surface area contributed by atoms with Crippen LogP contribution in [0.4, 0.5) is 5.69 Å². The molecule has 0 aliphatic rings. The molecule has 0 spiro atoms. The van der Waals surface area contributed by atoms with Crippen molar-refractivity contribution in [3.05, 3.63) is 46.8 Å². The molecule has 1 heterocycles. The van der Waals surface area contributed by atoms with Crippen LogP contribution in [0, 0.1) is 13.8 Å². The molecular weight excluding hydrogens is 278 g/mol. The standard InChI is InChI=1S/C13H17N3O3S/c1-9-13(10(2)19-16-9)7-15-20(17,18)8-11-4-3-5-12(14)6-11/h3-6,15H,7-8,14H2,1-2H3. The van der Waals surface area contributed by atoms with Crippen LogP contribution in [0.5, 0.6) is 0 Å². The van der Waals surface area contributed by atoms with Gasteiger partial charge >= 0.3 is 0 Å². The van der Waals surface area contributed by atoms with E-state index in [0.29, 0.717) is 22.7 Å². The van der Waals surface area contributed by atoms with E-state index in [1.54, 1.807) is 38.1 Å². The van der Waals surface area contributed by atoms with Gasteiger partial charge < -0.3 is 10.3 Å². The number of sulfonamides is 1. The maximum atomic E-state index is 12.0. The molecule has 7 heteroatoms. The lowest BCUT2D eigenvalue weighted by molar-refractivity contribution is 0.392. The normalized spacial score (nSPS) is 11.7. The van der Waals surface area contributed by atoms with E-state index in [1.165, 1.54) is 0 Å². The van der Waals surface area contributed by atoms with Gasteiger partial charge in [-0.1, -0.05) is 17.3 Å². The van der Waals surface area contributed by atoms with E-state index in [9.17, 15) is 8.42 Å². The predicted octanol–water partition coefficient (Wildman–Crippen LogP) is 1.49. The Hall–Kier alpha value is -1.86. The van der Waals surface area contributed by atoms with Crippen LogP contribution in [0.1, 0.15) is 22.6 Å². The van der Waals surface area contributed by atoms with Crippen LogP contribution < -0.4 is 10.5 Å². The minimum atomic E-state index is -3.44. The topological polar surface area (TPSA) is 98.2 Å². The summed E-state index contributed by atoms with van der Waals surface area (Å²) in [4.78, 5) is 0. The molecule has 3 N–H and O–H groups in total. The fraction of sp³-hybridized carbons (Fsp3) is 0.308. The van der Waals surface area contributed by atoms with E-state index in [4.69, 9.17) is 10.3 Å². The van der Waals surface area contributed by atoms with Gasteiger partial charge in [0.2, 0.25) is 10.0 Å². The highest BCUT2D eigenvalue weighted by Crippen LogP contribution is 2.13. The Morgan fingerprint density at radius 2 is 2.10 bits per heavy atom. The zero-order chi connectivity index (χ0) is 14.8. The molecule has 108 valence electrons. The number of anilines is 1. The number of nitrogens with zero attached hydrogens (tertiary/aromatic N) is 1. The van der Waals surface area contributed by atoms with Gasteiger partial charge in [-0.25, -0.2) is 13.1 Å². The zero-order valence-corrected chi connectivity index (χ0v) is 12.2. The molecule has 0 fully saturated rings. The summed E-state index contributed by atoms with van der Waals surface area (Å²) in [5, 5.41) is 3.79. The Labute approximate surface area is 118 Å². The molecule has 0 radical (unpaired) electrons. The number of rotatable bonds is 5. The number of nitrogen functional groups attached to an aromatic ring is 1. The number of nitrogens with two attached hydrogens (primary N) is 1. The quantitative estimate of drug-likeness (QED) is 0.814. The lowest BCUT2D eigenvalue weighted by atomic mass is 10.2. The minimum Gasteiger partial charge on any atom is -0.399 e. The van der Waals surface area contributed by atoms with Crippen molar-refractivity contribution >= 4 is 15.7 Å². The predicted molar refractivity (Wildman–Crippen MR) is 76.3 cm³/mol. The van der Waals surface area contributed by atoms with E-state index in [-0.39, 0.29) is 12.3 Å². The van der Waals surface area contributed by atoms with E-state index in [0.717, 1.165) is 5.56 Å². The summed E-state index contributed by atoms with van der Waals surface area (Å²) in [5.41, 5.74) is 8.28. The second-order valence-electron chi connectivity index (χ2n) is 4.63. The molecule has 0 bridgehead atoms. The van der Waals surface area contributed by atoms with Gasteiger partial charge in [0.15, 0.2) is 0 Å². The average molecular weight is 295 g/mol. The maximum absolute atomic E-state index is 12.0. The van der Waals surface area contributed by atoms with Gasteiger partial charge in [0.1, 0.15) is 5.76 Å². The van der Waals surface area contributed by atoms with Gasteiger partial charge in [0.25, 0.3) is 0 Å². The van der Waals surface area contributed by atoms with Crippen molar-refractivity contribution < 1.29 is 12.9 Å². The first-order valence-corrected chi connectivity index (χ1v) is 7.76. The number of aromatic nitrogens is 1. The van der Waals surface area contributed by atoms with Gasteiger partial charge in [-0.2, -0.15) is 0 Å². The van der Waals surface area contributed by atoms with Crippen molar-refractivity contribution in [2.45, 2.75) is 26.1 Å². The third-order valence-corrected chi connectivity index (χ3v) is 4.26. The highest BCUT2D eigenvalue weighted by atomic mass is 32.2. The second kappa shape index (κ2) is 5.64. The molecule has 2 rings (SSSR count). The van der Waals surface area contributed by atoms with E-state index in [1.807, 2.05) is 0 Å². The first-order chi connectivity index (χ1) is 9.37. The van der Waals surface area contributed by atoms with Crippen LogP contribution in [0.25, 0.3) is 0 Å². The molecular formula is C13H17N3O3S. The molecule has 0 amide bonds. The molecule has 0 aliphatic heterocycles. The molecule has 0 saturated heterocycles. The third-order valence-electron chi connectivity index (χ3n) is 2.96. The van der Waals surface area contributed by atoms with E-state index >= 15 is 0 Å². The molecule has 1 aromatic carbocycles. The lowest BCUT2D eigenvalue weighted by Crippen LogP contribution is -2.25. The first kappa shape index (κ1) is 14.5.